The van der Waals surface area contributed by atoms with Gasteiger partial charge >= 0.3 is 0 Å². The molecule has 0 unspecified atom stereocenters. The maximum atomic E-state index is 12.1. The first-order valence-electron chi connectivity index (χ1n) is 5.16. The van der Waals surface area contributed by atoms with E-state index in [-0.39, 0.29) is 10.3 Å². The average Bonchev–Trinajstić information content (AvgIpc) is 2.35. The third-order valence-corrected chi connectivity index (χ3v) is 3.68. The summed E-state index contributed by atoms with van der Waals surface area (Å²) >= 11 is 12.8. The Morgan fingerprint density at radius 2 is 1.89 bits per heavy atom. The second-order valence-corrected chi connectivity index (χ2v) is 5.54. The van der Waals surface area contributed by atoms with Crippen LogP contribution >= 0.6 is 35.0 Å². The molecular formula is C13H9Cl2NOS. The molecule has 2 rings (SSSR count). The topological polar surface area (TPSA) is 30.0 Å². The van der Waals surface area contributed by atoms with Crippen LogP contribution in [0.2, 0.25) is 10.2 Å². The Bertz CT molecular complexity index is 584. The van der Waals surface area contributed by atoms with Crippen LogP contribution in [0.3, 0.4) is 0 Å². The summed E-state index contributed by atoms with van der Waals surface area (Å²) in [5.74, 6) is 0. The third kappa shape index (κ3) is 3.25. The number of nitrogens with zero attached hydrogens (tertiary/aromatic N) is 1. The molecule has 0 aliphatic heterocycles. The summed E-state index contributed by atoms with van der Waals surface area (Å²) in [5.41, 5.74) is 1.48. The molecule has 0 spiro atoms. The molecular weight excluding hydrogens is 289 g/mol. The van der Waals surface area contributed by atoms with Crippen LogP contribution in [-0.2, 0) is 0 Å². The Morgan fingerprint density at radius 1 is 1.22 bits per heavy atom. The van der Waals surface area contributed by atoms with Crippen LogP contribution < -0.4 is 0 Å². The zero-order valence-electron chi connectivity index (χ0n) is 9.48. The van der Waals surface area contributed by atoms with Crippen molar-refractivity contribution in [2.45, 2.75) is 11.8 Å². The van der Waals surface area contributed by atoms with Crippen molar-refractivity contribution in [3.05, 3.63) is 57.8 Å². The molecule has 1 aromatic heterocycles. The molecule has 1 aromatic carbocycles. The first-order chi connectivity index (χ1) is 8.56. The number of halogens is 2. The zero-order chi connectivity index (χ0) is 13.1. The van der Waals surface area contributed by atoms with Crippen molar-refractivity contribution >= 4 is 40.1 Å². The van der Waals surface area contributed by atoms with Crippen molar-refractivity contribution < 1.29 is 4.79 Å². The molecule has 2 nitrogen and oxygen atoms in total. The molecule has 0 aliphatic carbocycles. The van der Waals surface area contributed by atoms with Gasteiger partial charge in [-0.05, 0) is 36.9 Å². The molecule has 0 saturated carbocycles. The van der Waals surface area contributed by atoms with Crippen molar-refractivity contribution in [2.24, 2.45) is 0 Å². The summed E-state index contributed by atoms with van der Waals surface area (Å²) in [4.78, 5) is 16.8. The largest absolute Gasteiger partial charge is 0.281 e. The number of benzene rings is 1. The number of rotatable bonds is 2. The summed E-state index contributed by atoms with van der Waals surface area (Å²) in [6, 6.07) is 9.22. The molecule has 0 aliphatic rings. The lowest BCUT2D eigenvalue weighted by atomic mass is 10.2. The highest BCUT2D eigenvalue weighted by Crippen LogP contribution is 2.27. The van der Waals surface area contributed by atoms with E-state index in [1.807, 2.05) is 31.2 Å². The third-order valence-electron chi connectivity index (χ3n) is 2.26. The van der Waals surface area contributed by atoms with Crippen LogP contribution in [0.4, 0.5) is 0 Å². The van der Waals surface area contributed by atoms with E-state index in [2.05, 4.69) is 4.98 Å². The Balaban J connectivity index is 2.21. The van der Waals surface area contributed by atoms with Crippen LogP contribution in [0, 0.1) is 6.92 Å². The SMILES string of the molecule is Cc1ccc(SC(=O)c2cc(Cl)cnc2Cl)cc1. The number of hydrogen-bond donors (Lipinski definition) is 0. The minimum absolute atomic E-state index is 0.168. The molecule has 0 fully saturated rings. The molecule has 18 heavy (non-hydrogen) atoms. The van der Waals surface area contributed by atoms with Gasteiger partial charge in [-0.3, -0.25) is 4.79 Å². The number of carbonyl (C=O) groups excluding carboxylic acids is 1. The highest BCUT2D eigenvalue weighted by Gasteiger charge is 2.13. The van der Waals surface area contributed by atoms with E-state index in [0.29, 0.717) is 10.6 Å². The summed E-state index contributed by atoms with van der Waals surface area (Å²) in [6.45, 7) is 1.99. The number of aromatic nitrogens is 1. The number of thioether (sulfide) groups is 1. The number of carbonyl (C=O) groups is 1. The molecule has 2 aromatic rings. The van der Waals surface area contributed by atoms with Crippen LogP contribution in [0.5, 0.6) is 0 Å². The van der Waals surface area contributed by atoms with Gasteiger partial charge in [0.1, 0.15) is 5.15 Å². The summed E-state index contributed by atoms with van der Waals surface area (Å²) < 4.78 is 0. The Kier molecular flexibility index (Phi) is 4.27. The maximum absolute atomic E-state index is 12.1. The van der Waals surface area contributed by atoms with E-state index in [4.69, 9.17) is 23.2 Å². The summed E-state index contributed by atoms with van der Waals surface area (Å²) in [5, 5.41) is 0.398. The minimum Gasteiger partial charge on any atom is -0.281 e. The van der Waals surface area contributed by atoms with Gasteiger partial charge in [0.25, 0.3) is 0 Å². The summed E-state index contributed by atoms with van der Waals surface area (Å²) in [6.07, 6.45) is 1.41. The molecule has 5 heteroatoms. The Hall–Kier alpha value is -1.03. The molecule has 1 heterocycles. The van der Waals surface area contributed by atoms with Gasteiger partial charge in [0.2, 0.25) is 5.12 Å². The molecule has 0 N–H and O–H groups in total. The molecule has 0 saturated heterocycles. The monoisotopic (exact) mass is 297 g/mol. The van der Waals surface area contributed by atoms with Crippen LogP contribution in [-0.4, -0.2) is 10.1 Å². The van der Waals surface area contributed by atoms with Crippen molar-refractivity contribution in [1.29, 1.82) is 0 Å². The first-order valence-corrected chi connectivity index (χ1v) is 6.73. The van der Waals surface area contributed by atoms with Crippen LogP contribution in [0.25, 0.3) is 0 Å². The second-order valence-electron chi connectivity index (χ2n) is 3.69. The lowest BCUT2D eigenvalue weighted by Gasteiger charge is -2.03. The van der Waals surface area contributed by atoms with E-state index in [1.54, 1.807) is 0 Å². The molecule has 0 radical (unpaired) electrons. The lowest BCUT2D eigenvalue weighted by molar-refractivity contribution is 0.108. The minimum atomic E-state index is -0.168. The molecule has 92 valence electrons. The summed E-state index contributed by atoms with van der Waals surface area (Å²) in [7, 11) is 0. The number of hydrogen-bond acceptors (Lipinski definition) is 3. The van der Waals surface area contributed by atoms with Gasteiger partial charge in [-0.25, -0.2) is 4.98 Å². The van der Waals surface area contributed by atoms with Gasteiger partial charge in [0.15, 0.2) is 0 Å². The van der Waals surface area contributed by atoms with Crippen LogP contribution in [0.15, 0.2) is 41.4 Å². The van der Waals surface area contributed by atoms with E-state index < -0.39 is 0 Å². The second kappa shape index (κ2) is 5.74. The molecule has 0 bridgehead atoms. The van der Waals surface area contributed by atoms with E-state index >= 15 is 0 Å². The molecule has 0 amide bonds. The standard InChI is InChI=1S/C13H9Cl2NOS/c1-8-2-4-10(5-3-8)18-13(17)11-6-9(14)7-16-12(11)15/h2-7H,1H3. The quantitative estimate of drug-likeness (QED) is 0.598. The first kappa shape index (κ1) is 13.4. The van der Waals surface area contributed by atoms with Crippen molar-refractivity contribution in [1.82, 2.24) is 4.98 Å². The zero-order valence-corrected chi connectivity index (χ0v) is 11.8. The van der Waals surface area contributed by atoms with Gasteiger partial charge < -0.3 is 0 Å². The normalized spacial score (nSPS) is 10.4. The van der Waals surface area contributed by atoms with Crippen molar-refractivity contribution in [3.63, 3.8) is 0 Å². The maximum Gasteiger partial charge on any atom is 0.227 e. The predicted molar refractivity (Wildman–Crippen MR) is 75.6 cm³/mol. The van der Waals surface area contributed by atoms with Crippen molar-refractivity contribution in [2.75, 3.05) is 0 Å². The fraction of sp³-hybridized carbons (Fsp3) is 0.0769. The van der Waals surface area contributed by atoms with Gasteiger partial charge in [-0.1, -0.05) is 40.9 Å². The highest BCUT2D eigenvalue weighted by atomic mass is 35.5. The number of pyridine rings is 1. The Morgan fingerprint density at radius 3 is 2.56 bits per heavy atom. The fourth-order valence-electron chi connectivity index (χ4n) is 1.33. The van der Waals surface area contributed by atoms with Gasteiger partial charge in [0, 0.05) is 11.1 Å². The lowest BCUT2D eigenvalue weighted by Crippen LogP contribution is -1.96. The average molecular weight is 298 g/mol. The van der Waals surface area contributed by atoms with Gasteiger partial charge in [-0.2, -0.15) is 0 Å². The van der Waals surface area contributed by atoms with E-state index in [9.17, 15) is 4.79 Å². The number of aryl methyl sites for hydroxylation is 1. The van der Waals surface area contributed by atoms with Crippen LogP contribution in [0.1, 0.15) is 15.9 Å². The van der Waals surface area contributed by atoms with Gasteiger partial charge in [-0.15, -0.1) is 0 Å². The fourth-order valence-corrected chi connectivity index (χ4v) is 2.49. The molecule has 0 atom stereocenters. The highest BCUT2D eigenvalue weighted by molar-refractivity contribution is 8.14. The van der Waals surface area contributed by atoms with E-state index in [1.165, 1.54) is 12.3 Å². The Labute approximate surface area is 119 Å². The predicted octanol–water partition coefficient (Wildman–Crippen LogP) is 4.63. The smallest absolute Gasteiger partial charge is 0.227 e. The van der Waals surface area contributed by atoms with E-state index in [0.717, 1.165) is 22.2 Å². The van der Waals surface area contributed by atoms with Gasteiger partial charge in [0.05, 0.1) is 10.6 Å². The van der Waals surface area contributed by atoms with Crippen molar-refractivity contribution in [3.8, 4) is 0 Å².